The number of nitro groups is 1. The average Bonchev–Trinajstić information content (AvgIpc) is 2.70. The second-order valence-corrected chi connectivity index (χ2v) is 5.35. The fraction of sp³-hybridized carbons (Fsp3) is 0.500. The monoisotopic (exact) mass is 293 g/mol. The summed E-state index contributed by atoms with van der Waals surface area (Å²) in [6, 6.07) is 4.27. The third kappa shape index (κ3) is 3.42. The van der Waals surface area contributed by atoms with E-state index in [-0.39, 0.29) is 29.5 Å². The minimum Gasteiger partial charge on any atom is -0.484 e. The van der Waals surface area contributed by atoms with Gasteiger partial charge in [0.15, 0.2) is 5.75 Å². The van der Waals surface area contributed by atoms with Gasteiger partial charge in [-0.3, -0.25) is 14.9 Å². The molecular formula is C14H19N3O4. The van der Waals surface area contributed by atoms with Crippen LogP contribution in [0.4, 0.5) is 11.4 Å². The highest BCUT2D eigenvalue weighted by atomic mass is 16.6. The summed E-state index contributed by atoms with van der Waals surface area (Å²) in [7, 11) is 1.76. The van der Waals surface area contributed by atoms with Gasteiger partial charge in [-0.25, -0.2) is 0 Å². The summed E-state index contributed by atoms with van der Waals surface area (Å²) >= 11 is 0. The van der Waals surface area contributed by atoms with Crippen LogP contribution in [-0.4, -0.2) is 41.5 Å². The van der Waals surface area contributed by atoms with Crippen LogP contribution in [-0.2, 0) is 4.79 Å². The lowest BCUT2D eigenvalue weighted by atomic mass is 10.2. The van der Waals surface area contributed by atoms with Crippen molar-refractivity contribution in [3.63, 3.8) is 0 Å². The number of nitrogens with one attached hydrogen (secondary N) is 1. The number of anilines is 1. The van der Waals surface area contributed by atoms with Crippen LogP contribution in [0.1, 0.15) is 20.3 Å². The summed E-state index contributed by atoms with van der Waals surface area (Å²) in [5.74, 6) is 0.235. The molecule has 7 nitrogen and oxygen atoms in total. The summed E-state index contributed by atoms with van der Waals surface area (Å²) in [5, 5.41) is 14.1. The second-order valence-electron chi connectivity index (χ2n) is 5.35. The molecule has 2 rings (SSSR count). The number of carbonyl (C=O) groups is 1. The quantitative estimate of drug-likeness (QED) is 0.663. The SMILES string of the molecule is CC(C)Oc1cc(NC2CCN(C)C2=O)ccc1[N+](=O)[O-]. The molecule has 0 saturated carbocycles. The van der Waals surface area contributed by atoms with E-state index in [1.807, 2.05) is 0 Å². The van der Waals surface area contributed by atoms with Crippen LogP contribution < -0.4 is 10.1 Å². The maximum Gasteiger partial charge on any atom is 0.311 e. The number of likely N-dealkylation sites (tertiary alicyclic amines) is 1. The molecule has 7 heteroatoms. The summed E-state index contributed by atoms with van der Waals surface area (Å²) in [5.41, 5.74) is 0.564. The Morgan fingerprint density at radius 2 is 2.19 bits per heavy atom. The van der Waals surface area contributed by atoms with Crippen LogP contribution >= 0.6 is 0 Å². The molecule has 0 spiro atoms. The van der Waals surface area contributed by atoms with E-state index in [1.165, 1.54) is 6.07 Å². The van der Waals surface area contributed by atoms with Crippen molar-refractivity contribution in [2.24, 2.45) is 0 Å². The van der Waals surface area contributed by atoms with Crippen molar-refractivity contribution in [2.45, 2.75) is 32.4 Å². The number of carbonyl (C=O) groups excluding carboxylic acids is 1. The number of hydrogen-bond acceptors (Lipinski definition) is 5. The Morgan fingerprint density at radius 1 is 1.48 bits per heavy atom. The Morgan fingerprint density at radius 3 is 2.71 bits per heavy atom. The Labute approximate surface area is 123 Å². The van der Waals surface area contributed by atoms with Crippen LogP contribution in [0.5, 0.6) is 5.75 Å². The molecule has 1 aromatic rings. The average molecular weight is 293 g/mol. The first kappa shape index (κ1) is 15.1. The molecule has 0 aliphatic carbocycles. The van der Waals surface area contributed by atoms with Crippen LogP contribution in [0, 0.1) is 10.1 Å². The van der Waals surface area contributed by atoms with Gasteiger partial charge in [-0.2, -0.15) is 0 Å². The highest BCUT2D eigenvalue weighted by Gasteiger charge is 2.29. The normalized spacial score (nSPS) is 18.2. The standard InChI is InChI=1S/C14H19N3O4/c1-9(2)21-13-8-10(4-5-12(13)17(19)20)15-11-6-7-16(3)14(11)18/h4-5,8-9,11,15H,6-7H2,1-3H3. The Bertz CT molecular complexity index is 559. The van der Waals surface area contributed by atoms with Crippen molar-refractivity contribution in [3.8, 4) is 5.75 Å². The molecule has 1 fully saturated rings. The summed E-state index contributed by atoms with van der Waals surface area (Å²) in [4.78, 5) is 24.1. The molecule has 0 aromatic heterocycles. The molecule has 0 radical (unpaired) electrons. The molecule has 1 aliphatic rings. The largest absolute Gasteiger partial charge is 0.484 e. The third-order valence-electron chi connectivity index (χ3n) is 3.29. The molecule has 1 aliphatic heterocycles. The number of hydrogen-bond donors (Lipinski definition) is 1. The minimum atomic E-state index is -0.476. The van der Waals surface area contributed by atoms with Crippen molar-refractivity contribution in [2.75, 3.05) is 18.9 Å². The van der Waals surface area contributed by atoms with Crippen molar-refractivity contribution in [3.05, 3.63) is 28.3 Å². The van der Waals surface area contributed by atoms with E-state index >= 15 is 0 Å². The molecule has 114 valence electrons. The van der Waals surface area contributed by atoms with Crippen molar-refractivity contribution in [1.29, 1.82) is 0 Å². The zero-order chi connectivity index (χ0) is 15.6. The van der Waals surface area contributed by atoms with Crippen molar-refractivity contribution < 1.29 is 14.5 Å². The summed E-state index contributed by atoms with van der Waals surface area (Å²) in [6.07, 6.45) is 0.547. The zero-order valence-corrected chi connectivity index (χ0v) is 12.3. The first-order valence-electron chi connectivity index (χ1n) is 6.85. The van der Waals surface area contributed by atoms with Gasteiger partial charge in [0.1, 0.15) is 6.04 Å². The predicted octanol–water partition coefficient (Wildman–Crippen LogP) is 2.02. The maximum atomic E-state index is 11.9. The van der Waals surface area contributed by atoms with Crippen LogP contribution in [0.15, 0.2) is 18.2 Å². The fourth-order valence-corrected chi connectivity index (χ4v) is 2.26. The van der Waals surface area contributed by atoms with Crippen LogP contribution in [0.2, 0.25) is 0 Å². The van der Waals surface area contributed by atoms with Gasteiger partial charge < -0.3 is 15.0 Å². The van der Waals surface area contributed by atoms with Crippen molar-refractivity contribution >= 4 is 17.3 Å². The van der Waals surface area contributed by atoms with Gasteiger partial charge in [-0.1, -0.05) is 0 Å². The maximum absolute atomic E-state index is 11.9. The molecule has 1 saturated heterocycles. The molecule has 21 heavy (non-hydrogen) atoms. The lowest BCUT2D eigenvalue weighted by Gasteiger charge is -2.15. The van der Waals surface area contributed by atoms with Gasteiger partial charge in [-0.15, -0.1) is 0 Å². The molecule has 1 amide bonds. The molecule has 0 bridgehead atoms. The van der Waals surface area contributed by atoms with Crippen LogP contribution in [0.25, 0.3) is 0 Å². The number of benzene rings is 1. The van der Waals surface area contributed by atoms with Gasteiger partial charge in [0.25, 0.3) is 0 Å². The fourth-order valence-electron chi connectivity index (χ4n) is 2.26. The van der Waals surface area contributed by atoms with E-state index in [0.717, 1.165) is 0 Å². The number of ether oxygens (including phenoxy) is 1. The number of likely N-dealkylation sites (N-methyl/N-ethyl adjacent to an activating group) is 1. The predicted molar refractivity (Wildman–Crippen MR) is 78.5 cm³/mol. The summed E-state index contributed by atoms with van der Waals surface area (Å²) in [6.45, 7) is 4.32. The second kappa shape index (κ2) is 5.99. The van der Waals surface area contributed by atoms with E-state index in [2.05, 4.69) is 5.32 Å². The Balaban J connectivity index is 2.21. The van der Waals surface area contributed by atoms with Gasteiger partial charge in [0, 0.05) is 31.4 Å². The van der Waals surface area contributed by atoms with Gasteiger partial charge in [0.05, 0.1) is 11.0 Å². The molecule has 1 unspecified atom stereocenters. The van der Waals surface area contributed by atoms with E-state index < -0.39 is 4.92 Å². The third-order valence-corrected chi connectivity index (χ3v) is 3.29. The lowest BCUT2D eigenvalue weighted by Crippen LogP contribution is -2.30. The topological polar surface area (TPSA) is 84.7 Å². The molecule has 1 atom stereocenters. The first-order valence-corrected chi connectivity index (χ1v) is 6.85. The number of amides is 1. The van der Waals surface area contributed by atoms with E-state index in [1.54, 1.807) is 37.9 Å². The molecule has 1 heterocycles. The smallest absolute Gasteiger partial charge is 0.311 e. The molecule has 1 N–H and O–H groups in total. The van der Waals surface area contributed by atoms with E-state index in [0.29, 0.717) is 18.7 Å². The summed E-state index contributed by atoms with van der Waals surface area (Å²) < 4.78 is 5.48. The highest BCUT2D eigenvalue weighted by Crippen LogP contribution is 2.31. The highest BCUT2D eigenvalue weighted by molar-refractivity contribution is 5.86. The van der Waals surface area contributed by atoms with Crippen molar-refractivity contribution in [1.82, 2.24) is 4.90 Å². The molecule has 1 aromatic carbocycles. The minimum absolute atomic E-state index is 0.0275. The number of nitro benzene ring substituents is 1. The molecular weight excluding hydrogens is 274 g/mol. The Kier molecular flexibility index (Phi) is 4.30. The number of nitrogens with zero attached hydrogens (tertiary/aromatic N) is 2. The van der Waals surface area contributed by atoms with Gasteiger partial charge in [0.2, 0.25) is 5.91 Å². The van der Waals surface area contributed by atoms with E-state index in [4.69, 9.17) is 4.74 Å². The first-order chi connectivity index (χ1) is 9.88. The zero-order valence-electron chi connectivity index (χ0n) is 12.3. The lowest BCUT2D eigenvalue weighted by molar-refractivity contribution is -0.386. The van der Waals surface area contributed by atoms with E-state index in [9.17, 15) is 14.9 Å². The number of rotatable bonds is 5. The van der Waals surface area contributed by atoms with Gasteiger partial charge >= 0.3 is 5.69 Å². The van der Waals surface area contributed by atoms with Crippen LogP contribution in [0.3, 0.4) is 0 Å². The van der Waals surface area contributed by atoms with Gasteiger partial charge in [-0.05, 0) is 26.3 Å². The Hall–Kier alpha value is -2.31.